The third-order valence-corrected chi connectivity index (χ3v) is 5.94. The molecule has 3 heterocycles. The summed E-state index contributed by atoms with van der Waals surface area (Å²) in [6.07, 6.45) is 6.77. The topological polar surface area (TPSA) is 93.4 Å². The first-order valence-corrected chi connectivity index (χ1v) is 10.5. The van der Waals surface area contributed by atoms with Crippen LogP contribution in [-0.4, -0.2) is 36.1 Å². The number of rotatable bonds is 5. The normalized spacial score (nSPS) is 13.9. The van der Waals surface area contributed by atoms with E-state index in [0.29, 0.717) is 16.4 Å². The summed E-state index contributed by atoms with van der Waals surface area (Å²) in [5.41, 5.74) is 7.91. The molecule has 1 saturated heterocycles. The van der Waals surface area contributed by atoms with E-state index < -0.39 is 11.7 Å². The SMILES string of the molecule is COc1ccc(-c2nc(C(=O)Nc3cnccc3N3CCCCC3)c(N)s2)c(F)c1. The highest BCUT2D eigenvalue weighted by Gasteiger charge is 2.22. The van der Waals surface area contributed by atoms with E-state index in [9.17, 15) is 9.18 Å². The van der Waals surface area contributed by atoms with Crippen molar-refractivity contribution in [2.24, 2.45) is 0 Å². The lowest BCUT2D eigenvalue weighted by molar-refractivity contribution is 0.102. The van der Waals surface area contributed by atoms with Crippen LogP contribution in [-0.2, 0) is 0 Å². The van der Waals surface area contributed by atoms with Crippen molar-refractivity contribution in [3.8, 4) is 16.3 Å². The monoisotopic (exact) mass is 427 g/mol. The first-order valence-electron chi connectivity index (χ1n) is 9.67. The maximum atomic E-state index is 14.4. The molecule has 3 aromatic rings. The average Bonchev–Trinajstić information content (AvgIpc) is 3.16. The lowest BCUT2D eigenvalue weighted by atomic mass is 10.1. The molecule has 1 aliphatic rings. The Labute approximate surface area is 177 Å². The molecule has 1 amide bonds. The fraction of sp³-hybridized carbons (Fsp3) is 0.286. The predicted octanol–water partition coefficient (Wildman–Crippen LogP) is 4.18. The third kappa shape index (κ3) is 4.06. The molecule has 1 fully saturated rings. The molecule has 1 aromatic carbocycles. The Balaban J connectivity index is 1.58. The molecule has 0 radical (unpaired) electrons. The van der Waals surface area contributed by atoms with Crippen LogP contribution >= 0.6 is 11.3 Å². The first-order chi connectivity index (χ1) is 14.6. The minimum Gasteiger partial charge on any atom is -0.497 e. The van der Waals surface area contributed by atoms with Crippen LogP contribution < -0.4 is 20.7 Å². The van der Waals surface area contributed by atoms with Gasteiger partial charge in [-0.1, -0.05) is 11.3 Å². The van der Waals surface area contributed by atoms with Gasteiger partial charge in [0, 0.05) is 30.9 Å². The number of hydrogen-bond acceptors (Lipinski definition) is 7. The summed E-state index contributed by atoms with van der Waals surface area (Å²) in [4.78, 5) is 23.6. The van der Waals surface area contributed by atoms with Crippen LogP contribution in [0.3, 0.4) is 0 Å². The number of anilines is 3. The standard InChI is InChI=1S/C21H22FN5O2S/c1-29-13-5-6-14(15(22)11-13)21-26-18(19(23)30-21)20(28)25-16-12-24-8-7-17(16)27-9-3-2-4-10-27/h5-8,11-12H,2-4,9-10,23H2,1H3,(H,25,28). The Morgan fingerprint density at radius 3 is 2.80 bits per heavy atom. The van der Waals surface area contributed by atoms with Gasteiger partial charge in [0.1, 0.15) is 21.6 Å². The molecule has 0 bridgehead atoms. The molecule has 0 atom stereocenters. The van der Waals surface area contributed by atoms with Gasteiger partial charge < -0.3 is 20.7 Å². The minimum absolute atomic E-state index is 0.0682. The second kappa shape index (κ2) is 8.66. The molecule has 156 valence electrons. The van der Waals surface area contributed by atoms with Gasteiger partial charge in [0.15, 0.2) is 5.69 Å². The highest BCUT2D eigenvalue weighted by Crippen LogP contribution is 2.34. The number of pyridine rings is 1. The van der Waals surface area contributed by atoms with Gasteiger partial charge in [-0.3, -0.25) is 9.78 Å². The van der Waals surface area contributed by atoms with Crippen LogP contribution in [0.1, 0.15) is 29.8 Å². The van der Waals surface area contributed by atoms with Crippen molar-refractivity contribution < 1.29 is 13.9 Å². The molecule has 3 N–H and O–H groups in total. The Bertz CT molecular complexity index is 1070. The van der Waals surface area contributed by atoms with Crippen LogP contribution in [0.15, 0.2) is 36.7 Å². The zero-order valence-corrected chi connectivity index (χ0v) is 17.3. The summed E-state index contributed by atoms with van der Waals surface area (Å²) in [6, 6.07) is 6.36. The number of carbonyl (C=O) groups is 1. The van der Waals surface area contributed by atoms with Gasteiger partial charge in [0.05, 0.1) is 24.7 Å². The van der Waals surface area contributed by atoms with Crippen LogP contribution in [0.2, 0.25) is 0 Å². The van der Waals surface area contributed by atoms with E-state index in [1.54, 1.807) is 24.5 Å². The highest BCUT2D eigenvalue weighted by molar-refractivity contribution is 7.19. The molecule has 7 nitrogen and oxygen atoms in total. The van der Waals surface area contributed by atoms with Gasteiger partial charge in [-0.05, 0) is 37.5 Å². The number of thiazole rings is 1. The number of ether oxygens (including phenoxy) is 1. The Hall–Kier alpha value is -3.20. The number of nitrogens with one attached hydrogen (secondary N) is 1. The molecule has 4 rings (SSSR count). The molecular weight excluding hydrogens is 405 g/mol. The van der Waals surface area contributed by atoms with Crippen molar-refractivity contribution in [2.45, 2.75) is 19.3 Å². The quantitative estimate of drug-likeness (QED) is 0.635. The number of piperidine rings is 1. The number of aromatic nitrogens is 2. The Morgan fingerprint density at radius 1 is 1.27 bits per heavy atom. The minimum atomic E-state index is -0.491. The molecule has 2 aromatic heterocycles. The zero-order chi connectivity index (χ0) is 21.1. The molecule has 0 saturated carbocycles. The molecule has 0 unspecified atom stereocenters. The summed E-state index contributed by atoms with van der Waals surface area (Å²) in [5.74, 6) is -0.537. The lowest BCUT2D eigenvalue weighted by Crippen LogP contribution is -2.30. The van der Waals surface area contributed by atoms with Gasteiger partial charge in [-0.15, -0.1) is 0 Å². The van der Waals surface area contributed by atoms with Crippen LogP contribution in [0.25, 0.3) is 10.6 Å². The number of carbonyl (C=O) groups excluding carboxylic acids is 1. The summed E-state index contributed by atoms with van der Waals surface area (Å²) in [7, 11) is 1.47. The second-order valence-electron chi connectivity index (χ2n) is 6.97. The summed E-state index contributed by atoms with van der Waals surface area (Å²) < 4.78 is 19.4. The van der Waals surface area contributed by atoms with Crippen molar-refractivity contribution in [2.75, 3.05) is 36.1 Å². The number of nitrogen functional groups attached to an aromatic ring is 1. The number of halogens is 1. The molecule has 0 aliphatic carbocycles. The van der Waals surface area contributed by atoms with Gasteiger partial charge in [-0.2, -0.15) is 0 Å². The van der Waals surface area contributed by atoms with Gasteiger partial charge in [0.25, 0.3) is 5.91 Å². The second-order valence-corrected chi connectivity index (χ2v) is 8.00. The van der Waals surface area contributed by atoms with E-state index >= 15 is 0 Å². The number of nitrogens with zero attached hydrogens (tertiary/aromatic N) is 3. The third-order valence-electron chi connectivity index (χ3n) is 5.02. The Morgan fingerprint density at radius 2 is 2.07 bits per heavy atom. The van der Waals surface area contributed by atoms with E-state index in [-0.39, 0.29) is 16.3 Å². The summed E-state index contributed by atoms with van der Waals surface area (Å²) >= 11 is 1.07. The Kier molecular flexibility index (Phi) is 5.80. The molecular formula is C21H22FN5O2S. The van der Waals surface area contributed by atoms with Gasteiger partial charge in [-0.25, -0.2) is 9.37 Å². The molecule has 9 heteroatoms. The predicted molar refractivity (Wildman–Crippen MR) is 117 cm³/mol. The summed E-state index contributed by atoms with van der Waals surface area (Å²) in [5, 5.41) is 3.43. The van der Waals surface area contributed by atoms with Crippen molar-refractivity contribution in [1.82, 2.24) is 9.97 Å². The molecule has 30 heavy (non-hydrogen) atoms. The van der Waals surface area contributed by atoms with E-state index in [1.807, 2.05) is 6.07 Å². The first kappa shape index (κ1) is 20.1. The number of nitrogens with two attached hydrogens (primary N) is 1. The number of benzene rings is 1. The molecule has 0 spiro atoms. The van der Waals surface area contributed by atoms with Gasteiger partial charge in [0.2, 0.25) is 0 Å². The largest absolute Gasteiger partial charge is 0.497 e. The average molecular weight is 428 g/mol. The number of amides is 1. The van der Waals surface area contributed by atoms with Crippen molar-refractivity contribution in [1.29, 1.82) is 0 Å². The fourth-order valence-electron chi connectivity index (χ4n) is 3.48. The molecule has 1 aliphatic heterocycles. The maximum Gasteiger partial charge on any atom is 0.277 e. The maximum absolute atomic E-state index is 14.4. The van der Waals surface area contributed by atoms with E-state index in [2.05, 4.69) is 20.2 Å². The van der Waals surface area contributed by atoms with E-state index in [1.165, 1.54) is 19.6 Å². The highest BCUT2D eigenvalue weighted by atomic mass is 32.1. The van der Waals surface area contributed by atoms with E-state index in [4.69, 9.17) is 10.5 Å². The van der Waals surface area contributed by atoms with Crippen molar-refractivity contribution >= 4 is 33.6 Å². The fourth-order valence-corrected chi connectivity index (χ4v) is 4.34. The van der Waals surface area contributed by atoms with Crippen LogP contribution in [0.5, 0.6) is 5.75 Å². The van der Waals surface area contributed by atoms with E-state index in [0.717, 1.165) is 43.0 Å². The number of methoxy groups -OCH3 is 1. The van der Waals surface area contributed by atoms with Crippen LogP contribution in [0, 0.1) is 5.82 Å². The van der Waals surface area contributed by atoms with Gasteiger partial charge >= 0.3 is 0 Å². The summed E-state index contributed by atoms with van der Waals surface area (Å²) in [6.45, 7) is 1.87. The number of hydrogen-bond donors (Lipinski definition) is 2. The van der Waals surface area contributed by atoms with Crippen LogP contribution in [0.4, 0.5) is 20.8 Å². The lowest BCUT2D eigenvalue weighted by Gasteiger charge is -2.30. The van der Waals surface area contributed by atoms with Crippen molar-refractivity contribution in [3.05, 3.63) is 48.2 Å². The smallest absolute Gasteiger partial charge is 0.277 e. The van der Waals surface area contributed by atoms with Crippen molar-refractivity contribution in [3.63, 3.8) is 0 Å². The zero-order valence-electron chi connectivity index (χ0n) is 16.5.